The smallest absolute Gasteiger partial charge is 0.270 e. The van der Waals surface area contributed by atoms with Crippen molar-refractivity contribution in [1.29, 1.82) is 0 Å². The molecule has 0 saturated carbocycles. The number of hydroxylamine groups is 2. The van der Waals surface area contributed by atoms with E-state index >= 15 is 0 Å². The van der Waals surface area contributed by atoms with Gasteiger partial charge in [0.1, 0.15) is 0 Å². The Hall–Kier alpha value is -1.87. The van der Waals surface area contributed by atoms with Gasteiger partial charge in [0.2, 0.25) is 0 Å². The fourth-order valence-corrected chi connectivity index (χ4v) is 1.14. The number of aryl methyl sites for hydroxylation is 1. The molecule has 0 saturated heterocycles. The Kier molecular flexibility index (Phi) is 4.48. The molecule has 1 rings (SSSR count). The predicted octanol–water partition coefficient (Wildman–Crippen LogP) is 2.41. The highest BCUT2D eigenvalue weighted by molar-refractivity contribution is 5.91. The van der Waals surface area contributed by atoms with Crippen LogP contribution in [0, 0.1) is 6.92 Å². The highest BCUT2D eigenvalue weighted by Crippen LogP contribution is 2.05. The molecule has 1 aromatic carbocycles. The van der Waals surface area contributed by atoms with Crippen LogP contribution in [0.2, 0.25) is 0 Å². The van der Waals surface area contributed by atoms with E-state index in [4.69, 9.17) is 0 Å². The first kappa shape index (κ1) is 12.2. The van der Waals surface area contributed by atoms with Crippen molar-refractivity contribution >= 4 is 12.0 Å². The Morgan fingerprint density at radius 3 is 2.62 bits per heavy atom. The molecule has 3 nitrogen and oxygen atoms in total. The van der Waals surface area contributed by atoms with Crippen molar-refractivity contribution in [2.45, 2.75) is 6.92 Å². The highest BCUT2D eigenvalue weighted by atomic mass is 16.5. The molecule has 1 aromatic rings. The van der Waals surface area contributed by atoms with Gasteiger partial charge < -0.3 is 0 Å². The third-order valence-corrected chi connectivity index (χ3v) is 2.05. The molecule has 0 radical (unpaired) electrons. The molecule has 1 N–H and O–H groups in total. The van der Waals surface area contributed by atoms with E-state index in [-0.39, 0.29) is 6.54 Å². The van der Waals surface area contributed by atoms with Gasteiger partial charge in [-0.1, -0.05) is 35.9 Å². The number of amides is 1. The molecule has 0 aliphatic heterocycles. The van der Waals surface area contributed by atoms with Gasteiger partial charge in [-0.25, -0.2) is 5.06 Å². The van der Waals surface area contributed by atoms with E-state index in [1.54, 1.807) is 6.08 Å². The summed E-state index contributed by atoms with van der Waals surface area (Å²) in [7, 11) is 0. The molecule has 0 fully saturated rings. The zero-order chi connectivity index (χ0) is 12.0. The van der Waals surface area contributed by atoms with Gasteiger partial charge in [-0.05, 0) is 18.6 Å². The number of hydrogen-bond donors (Lipinski definition) is 1. The Morgan fingerprint density at radius 1 is 1.44 bits per heavy atom. The van der Waals surface area contributed by atoms with Crippen LogP contribution in [-0.2, 0) is 4.79 Å². The van der Waals surface area contributed by atoms with Gasteiger partial charge in [0.25, 0.3) is 5.91 Å². The molecule has 0 bridgehead atoms. The molecule has 0 unspecified atom stereocenters. The number of carbonyl (C=O) groups is 1. The summed E-state index contributed by atoms with van der Waals surface area (Å²) >= 11 is 0. The van der Waals surface area contributed by atoms with E-state index in [0.29, 0.717) is 5.06 Å². The summed E-state index contributed by atoms with van der Waals surface area (Å²) in [5.41, 5.74) is 2.09. The molecule has 0 aromatic heterocycles. The summed E-state index contributed by atoms with van der Waals surface area (Å²) in [6.45, 7) is 5.55. The Balaban J connectivity index is 2.62. The van der Waals surface area contributed by atoms with Gasteiger partial charge in [-0.2, -0.15) is 0 Å². The van der Waals surface area contributed by atoms with Crippen LogP contribution < -0.4 is 0 Å². The third-order valence-electron chi connectivity index (χ3n) is 2.05. The van der Waals surface area contributed by atoms with E-state index in [2.05, 4.69) is 6.58 Å². The lowest BCUT2D eigenvalue weighted by molar-refractivity contribution is -0.156. The van der Waals surface area contributed by atoms with E-state index in [0.717, 1.165) is 5.56 Å². The van der Waals surface area contributed by atoms with E-state index in [1.807, 2.05) is 31.2 Å². The minimum absolute atomic E-state index is 0.122. The first-order valence-electron chi connectivity index (χ1n) is 4.99. The van der Waals surface area contributed by atoms with Crippen molar-refractivity contribution in [3.05, 3.63) is 54.1 Å². The summed E-state index contributed by atoms with van der Waals surface area (Å²) in [6.07, 6.45) is 4.44. The number of hydrogen-bond acceptors (Lipinski definition) is 2. The zero-order valence-corrected chi connectivity index (χ0v) is 9.26. The normalized spacial score (nSPS) is 10.4. The average Bonchev–Trinajstić information content (AvgIpc) is 2.28. The van der Waals surface area contributed by atoms with E-state index in [1.165, 1.54) is 17.7 Å². The zero-order valence-electron chi connectivity index (χ0n) is 9.26. The molecular formula is C13H15NO2. The first-order valence-corrected chi connectivity index (χ1v) is 4.99. The highest BCUT2D eigenvalue weighted by Gasteiger charge is 2.03. The molecule has 1 amide bonds. The Morgan fingerprint density at radius 2 is 2.06 bits per heavy atom. The van der Waals surface area contributed by atoms with Crippen LogP contribution in [-0.4, -0.2) is 22.7 Å². The maximum absolute atomic E-state index is 11.3. The minimum Gasteiger partial charge on any atom is -0.285 e. The molecule has 3 heteroatoms. The summed E-state index contributed by atoms with van der Waals surface area (Å²) in [5, 5.41) is 9.81. The SMILES string of the molecule is C=CCN(O)C(=O)/C=C/c1ccc(C)cc1. The molecule has 84 valence electrons. The van der Waals surface area contributed by atoms with Crippen LogP contribution >= 0.6 is 0 Å². The van der Waals surface area contributed by atoms with Crippen LogP contribution in [0.4, 0.5) is 0 Å². The number of carbonyl (C=O) groups excluding carboxylic acids is 1. The minimum atomic E-state index is -0.458. The molecule has 0 heterocycles. The second-order valence-electron chi connectivity index (χ2n) is 3.45. The van der Waals surface area contributed by atoms with E-state index < -0.39 is 5.91 Å². The van der Waals surface area contributed by atoms with Crippen LogP contribution in [0.25, 0.3) is 6.08 Å². The number of benzene rings is 1. The van der Waals surface area contributed by atoms with Crippen LogP contribution in [0.5, 0.6) is 0 Å². The molecular weight excluding hydrogens is 202 g/mol. The quantitative estimate of drug-likeness (QED) is 0.364. The van der Waals surface area contributed by atoms with Crippen molar-refractivity contribution in [2.24, 2.45) is 0 Å². The van der Waals surface area contributed by atoms with E-state index in [9.17, 15) is 10.0 Å². The van der Waals surface area contributed by atoms with Crippen molar-refractivity contribution in [2.75, 3.05) is 6.54 Å². The maximum atomic E-state index is 11.3. The van der Waals surface area contributed by atoms with Gasteiger partial charge in [0.15, 0.2) is 0 Å². The van der Waals surface area contributed by atoms with Crippen LogP contribution in [0.1, 0.15) is 11.1 Å². The lowest BCUT2D eigenvalue weighted by atomic mass is 10.1. The molecule has 16 heavy (non-hydrogen) atoms. The fraction of sp³-hybridized carbons (Fsp3) is 0.154. The first-order chi connectivity index (χ1) is 7.63. The summed E-state index contributed by atoms with van der Waals surface area (Å²) in [4.78, 5) is 11.3. The number of nitrogens with zero attached hydrogens (tertiary/aromatic N) is 1. The molecule has 0 atom stereocenters. The third kappa shape index (κ3) is 3.71. The Labute approximate surface area is 95.3 Å². The number of rotatable bonds is 4. The largest absolute Gasteiger partial charge is 0.285 e. The lowest BCUT2D eigenvalue weighted by Gasteiger charge is -2.08. The van der Waals surface area contributed by atoms with Crippen molar-refractivity contribution in [1.82, 2.24) is 5.06 Å². The fourth-order valence-electron chi connectivity index (χ4n) is 1.14. The second-order valence-corrected chi connectivity index (χ2v) is 3.45. The topological polar surface area (TPSA) is 40.5 Å². The van der Waals surface area contributed by atoms with Gasteiger partial charge in [0.05, 0.1) is 6.54 Å². The molecule has 0 aliphatic carbocycles. The van der Waals surface area contributed by atoms with Gasteiger partial charge in [-0.3, -0.25) is 10.0 Å². The summed E-state index contributed by atoms with van der Waals surface area (Å²) in [6, 6.07) is 7.75. The van der Waals surface area contributed by atoms with Crippen LogP contribution in [0.15, 0.2) is 43.0 Å². The van der Waals surface area contributed by atoms with Gasteiger partial charge in [-0.15, -0.1) is 6.58 Å². The van der Waals surface area contributed by atoms with Crippen molar-refractivity contribution < 1.29 is 10.0 Å². The predicted molar refractivity (Wildman–Crippen MR) is 63.9 cm³/mol. The van der Waals surface area contributed by atoms with Gasteiger partial charge >= 0.3 is 0 Å². The second kappa shape index (κ2) is 5.88. The van der Waals surface area contributed by atoms with Gasteiger partial charge in [0, 0.05) is 6.08 Å². The van der Waals surface area contributed by atoms with Crippen molar-refractivity contribution in [3.8, 4) is 0 Å². The average molecular weight is 217 g/mol. The maximum Gasteiger partial charge on any atom is 0.270 e. The lowest BCUT2D eigenvalue weighted by Crippen LogP contribution is -2.25. The monoisotopic (exact) mass is 217 g/mol. The Bertz CT molecular complexity index is 393. The van der Waals surface area contributed by atoms with Crippen molar-refractivity contribution in [3.63, 3.8) is 0 Å². The van der Waals surface area contributed by atoms with Crippen LogP contribution in [0.3, 0.4) is 0 Å². The molecule has 0 spiro atoms. The molecule has 0 aliphatic rings. The summed E-state index contributed by atoms with van der Waals surface area (Å²) < 4.78 is 0. The standard InChI is InChI=1S/C13H15NO2/c1-3-10-14(16)13(15)9-8-12-6-4-11(2)5-7-12/h3-9,16H,1,10H2,2H3/b9-8+. The summed E-state index contributed by atoms with van der Waals surface area (Å²) in [5.74, 6) is -0.458.